The van der Waals surface area contributed by atoms with Gasteiger partial charge in [-0.3, -0.25) is 9.59 Å². The normalized spacial score (nSPS) is 11.8. The van der Waals surface area contributed by atoms with Gasteiger partial charge in [-0.25, -0.2) is 0 Å². The average molecular weight is 411 g/mol. The van der Waals surface area contributed by atoms with Gasteiger partial charge in [0.05, 0.1) is 0 Å². The maximum absolute atomic E-state index is 13.2. The van der Waals surface area contributed by atoms with Gasteiger partial charge in [0.2, 0.25) is 5.91 Å². The van der Waals surface area contributed by atoms with Gasteiger partial charge in [-0.05, 0) is 48.9 Å². The van der Waals surface area contributed by atoms with Crippen LogP contribution in [0.5, 0.6) is 5.75 Å². The summed E-state index contributed by atoms with van der Waals surface area (Å²) >= 11 is 0. The lowest BCUT2D eigenvalue weighted by Gasteiger charge is -2.29. The Bertz CT molecular complexity index is 848. The summed E-state index contributed by atoms with van der Waals surface area (Å²) in [5.74, 6) is 0.634. The minimum Gasteiger partial charge on any atom is -0.483 e. The van der Waals surface area contributed by atoms with Gasteiger partial charge in [-0.2, -0.15) is 0 Å². The molecular formula is C25H34N2O3. The Morgan fingerprint density at radius 1 is 1.03 bits per heavy atom. The second-order valence-corrected chi connectivity index (χ2v) is 7.90. The molecule has 2 amide bonds. The van der Waals surface area contributed by atoms with Crippen molar-refractivity contribution >= 4 is 11.8 Å². The summed E-state index contributed by atoms with van der Waals surface area (Å²) in [5, 5.41) is 2.89. The van der Waals surface area contributed by atoms with Crippen LogP contribution in [0.15, 0.2) is 48.5 Å². The molecule has 0 aliphatic rings. The number of carbonyl (C=O) groups is 2. The first-order chi connectivity index (χ1) is 14.3. The van der Waals surface area contributed by atoms with Gasteiger partial charge >= 0.3 is 0 Å². The molecule has 0 aliphatic carbocycles. The zero-order valence-electron chi connectivity index (χ0n) is 18.8. The van der Waals surface area contributed by atoms with E-state index in [0.29, 0.717) is 18.8 Å². The van der Waals surface area contributed by atoms with Gasteiger partial charge in [0.15, 0.2) is 6.61 Å². The second-order valence-electron chi connectivity index (χ2n) is 7.90. The molecule has 0 radical (unpaired) electrons. The lowest BCUT2D eigenvalue weighted by atomic mass is 10.0. The van der Waals surface area contributed by atoms with Crippen LogP contribution in [0.2, 0.25) is 0 Å². The van der Waals surface area contributed by atoms with E-state index < -0.39 is 6.04 Å². The maximum atomic E-state index is 13.2. The van der Waals surface area contributed by atoms with E-state index in [1.807, 2.05) is 62.4 Å². The van der Waals surface area contributed by atoms with Crippen molar-refractivity contribution in [3.05, 3.63) is 65.2 Å². The van der Waals surface area contributed by atoms with Crippen LogP contribution in [0.1, 0.15) is 56.7 Å². The largest absolute Gasteiger partial charge is 0.483 e. The number of hydrogen-bond acceptors (Lipinski definition) is 3. The van der Waals surface area contributed by atoms with Gasteiger partial charge in [0.1, 0.15) is 11.8 Å². The Kier molecular flexibility index (Phi) is 8.90. The van der Waals surface area contributed by atoms with Crippen LogP contribution in [0.3, 0.4) is 0 Å². The van der Waals surface area contributed by atoms with Crippen LogP contribution in [-0.4, -0.2) is 35.9 Å². The first kappa shape index (κ1) is 23.5. The molecule has 2 aromatic carbocycles. The lowest BCUT2D eigenvalue weighted by Crippen LogP contribution is -2.49. The number of benzene rings is 2. The predicted molar refractivity (Wildman–Crippen MR) is 121 cm³/mol. The quantitative estimate of drug-likeness (QED) is 0.630. The van der Waals surface area contributed by atoms with E-state index in [1.165, 1.54) is 0 Å². The van der Waals surface area contributed by atoms with Crippen LogP contribution < -0.4 is 10.1 Å². The first-order valence-corrected chi connectivity index (χ1v) is 10.7. The number of amides is 2. The monoisotopic (exact) mass is 410 g/mol. The fraction of sp³-hybridized carbons (Fsp3) is 0.440. The Labute approximate surface area is 180 Å². The third-order valence-electron chi connectivity index (χ3n) is 5.21. The summed E-state index contributed by atoms with van der Waals surface area (Å²) in [4.78, 5) is 27.4. The minimum atomic E-state index is -0.590. The molecule has 2 aromatic rings. The van der Waals surface area contributed by atoms with E-state index in [4.69, 9.17) is 4.74 Å². The molecular weight excluding hydrogens is 376 g/mol. The SMILES string of the molecule is CCCNC(=O)[C@@H](C)N(Cc1ccccc1C)C(=O)COc1ccccc1C(C)C. The van der Waals surface area contributed by atoms with Crippen molar-refractivity contribution in [1.29, 1.82) is 0 Å². The number of ether oxygens (including phenoxy) is 1. The van der Waals surface area contributed by atoms with Crippen LogP contribution in [0.4, 0.5) is 0 Å². The number of para-hydroxylation sites is 1. The summed E-state index contributed by atoms with van der Waals surface area (Å²) in [6.45, 7) is 10.8. The van der Waals surface area contributed by atoms with Crippen molar-refractivity contribution in [3.63, 3.8) is 0 Å². The summed E-state index contributed by atoms with van der Waals surface area (Å²) in [7, 11) is 0. The van der Waals surface area contributed by atoms with Crippen molar-refractivity contribution in [2.45, 2.75) is 59.5 Å². The Hall–Kier alpha value is -2.82. The van der Waals surface area contributed by atoms with Crippen molar-refractivity contribution in [2.24, 2.45) is 0 Å². The topological polar surface area (TPSA) is 58.6 Å². The predicted octanol–water partition coefficient (Wildman–Crippen LogP) is 4.44. The molecule has 5 heteroatoms. The van der Waals surface area contributed by atoms with Gasteiger partial charge in [0, 0.05) is 13.1 Å². The van der Waals surface area contributed by atoms with Crippen LogP contribution in [0.25, 0.3) is 0 Å². The highest BCUT2D eigenvalue weighted by Gasteiger charge is 2.27. The van der Waals surface area contributed by atoms with Crippen molar-refractivity contribution in [2.75, 3.05) is 13.2 Å². The number of hydrogen-bond donors (Lipinski definition) is 1. The Morgan fingerprint density at radius 2 is 1.70 bits per heavy atom. The standard InChI is InChI=1S/C25H34N2O3/c1-6-15-26-25(29)20(5)27(16-21-12-8-7-11-19(21)4)24(28)17-30-23-14-10-9-13-22(23)18(2)3/h7-14,18,20H,6,15-17H2,1-5H3,(H,26,29)/t20-/m1/s1. The van der Waals surface area contributed by atoms with Crippen LogP contribution in [0, 0.1) is 6.92 Å². The molecule has 30 heavy (non-hydrogen) atoms. The summed E-state index contributed by atoms with van der Waals surface area (Å²) in [5.41, 5.74) is 3.16. The lowest BCUT2D eigenvalue weighted by molar-refractivity contribution is -0.142. The van der Waals surface area contributed by atoms with Gasteiger partial charge in [-0.15, -0.1) is 0 Å². The molecule has 0 saturated carbocycles. The number of nitrogens with zero attached hydrogens (tertiary/aromatic N) is 1. The van der Waals surface area contributed by atoms with E-state index >= 15 is 0 Å². The molecule has 0 saturated heterocycles. The first-order valence-electron chi connectivity index (χ1n) is 10.7. The van der Waals surface area contributed by atoms with E-state index in [-0.39, 0.29) is 24.3 Å². The van der Waals surface area contributed by atoms with Gasteiger partial charge in [-0.1, -0.05) is 63.2 Å². The van der Waals surface area contributed by atoms with Crippen LogP contribution >= 0.6 is 0 Å². The van der Waals surface area contributed by atoms with Crippen LogP contribution in [-0.2, 0) is 16.1 Å². The molecule has 162 valence electrons. The summed E-state index contributed by atoms with van der Waals surface area (Å²) < 4.78 is 5.90. The fourth-order valence-corrected chi connectivity index (χ4v) is 3.26. The maximum Gasteiger partial charge on any atom is 0.261 e. The van der Waals surface area contributed by atoms with Gasteiger partial charge in [0.25, 0.3) is 5.91 Å². The highest BCUT2D eigenvalue weighted by Crippen LogP contribution is 2.26. The fourth-order valence-electron chi connectivity index (χ4n) is 3.26. The summed E-state index contributed by atoms with van der Waals surface area (Å²) in [6, 6.07) is 15.1. The number of aryl methyl sites for hydroxylation is 1. The van der Waals surface area contributed by atoms with Crippen molar-refractivity contribution < 1.29 is 14.3 Å². The molecule has 2 rings (SSSR count). The third kappa shape index (κ3) is 6.34. The molecule has 0 fully saturated rings. The van der Waals surface area contributed by atoms with Crippen molar-refractivity contribution in [3.8, 4) is 5.75 Å². The molecule has 0 unspecified atom stereocenters. The highest BCUT2D eigenvalue weighted by molar-refractivity contribution is 5.88. The summed E-state index contributed by atoms with van der Waals surface area (Å²) in [6.07, 6.45) is 0.847. The number of carbonyl (C=O) groups excluding carboxylic acids is 2. The number of nitrogens with one attached hydrogen (secondary N) is 1. The second kappa shape index (κ2) is 11.4. The van der Waals surface area contributed by atoms with E-state index in [0.717, 1.165) is 23.1 Å². The van der Waals surface area contributed by atoms with Crippen molar-refractivity contribution in [1.82, 2.24) is 10.2 Å². The molecule has 1 N–H and O–H groups in total. The molecule has 0 aromatic heterocycles. The smallest absolute Gasteiger partial charge is 0.261 e. The molecule has 0 bridgehead atoms. The number of rotatable bonds is 10. The molecule has 0 spiro atoms. The molecule has 0 heterocycles. The Balaban J connectivity index is 2.19. The highest BCUT2D eigenvalue weighted by atomic mass is 16.5. The zero-order chi connectivity index (χ0) is 22.1. The molecule has 5 nitrogen and oxygen atoms in total. The Morgan fingerprint density at radius 3 is 2.37 bits per heavy atom. The van der Waals surface area contributed by atoms with Gasteiger partial charge < -0.3 is 15.0 Å². The average Bonchev–Trinajstić information content (AvgIpc) is 2.74. The minimum absolute atomic E-state index is 0.110. The van der Waals surface area contributed by atoms with E-state index in [1.54, 1.807) is 11.8 Å². The van der Waals surface area contributed by atoms with E-state index in [9.17, 15) is 9.59 Å². The third-order valence-corrected chi connectivity index (χ3v) is 5.21. The molecule has 0 aliphatic heterocycles. The zero-order valence-corrected chi connectivity index (χ0v) is 18.8. The van der Waals surface area contributed by atoms with E-state index in [2.05, 4.69) is 19.2 Å². The molecule has 1 atom stereocenters.